The van der Waals surface area contributed by atoms with Gasteiger partial charge in [-0.25, -0.2) is 0 Å². The van der Waals surface area contributed by atoms with Crippen LogP contribution < -0.4 is 0 Å². The summed E-state index contributed by atoms with van der Waals surface area (Å²) in [5, 5.41) is 0. The molecule has 1 aliphatic carbocycles. The van der Waals surface area contributed by atoms with E-state index in [0.717, 1.165) is 18.4 Å². The van der Waals surface area contributed by atoms with Gasteiger partial charge in [0.2, 0.25) is 0 Å². The van der Waals surface area contributed by atoms with Gasteiger partial charge in [-0.15, -0.1) is 0 Å². The van der Waals surface area contributed by atoms with Gasteiger partial charge in [-0.3, -0.25) is 4.99 Å². The monoisotopic (exact) mass is 209 g/mol. The lowest BCUT2D eigenvalue weighted by molar-refractivity contribution is 0.190. The molecule has 1 rings (SSSR count). The molecule has 0 amide bonds. The molecule has 1 heteroatoms. The summed E-state index contributed by atoms with van der Waals surface area (Å²) < 4.78 is 0. The molecule has 0 aromatic rings. The molecule has 0 aromatic heterocycles. The number of hydrogen-bond acceptors (Lipinski definition) is 1. The summed E-state index contributed by atoms with van der Waals surface area (Å²) in [5.74, 6) is 1.60. The van der Waals surface area contributed by atoms with Crippen LogP contribution in [0.15, 0.2) is 4.99 Å². The van der Waals surface area contributed by atoms with Crippen LogP contribution in [0.5, 0.6) is 0 Å². The highest BCUT2D eigenvalue weighted by atomic mass is 14.7. The average molecular weight is 209 g/mol. The minimum absolute atomic E-state index is 0.477. The van der Waals surface area contributed by atoms with Crippen LogP contribution in [0.25, 0.3) is 0 Å². The summed E-state index contributed by atoms with van der Waals surface area (Å²) in [6.45, 7) is 12.7. The van der Waals surface area contributed by atoms with Gasteiger partial charge in [0.15, 0.2) is 0 Å². The number of rotatable bonds is 2. The second-order valence-electron chi connectivity index (χ2n) is 6.11. The Bertz CT molecular complexity index is 222. The van der Waals surface area contributed by atoms with Gasteiger partial charge in [-0.2, -0.15) is 0 Å². The molecule has 2 atom stereocenters. The van der Waals surface area contributed by atoms with Crippen LogP contribution in [0.4, 0.5) is 0 Å². The maximum Gasteiger partial charge on any atom is 0.0386 e. The molecule has 1 aliphatic rings. The van der Waals surface area contributed by atoms with E-state index in [1.54, 1.807) is 0 Å². The molecule has 0 aliphatic heterocycles. The normalized spacial score (nSPS) is 30.9. The lowest BCUT2D eigenvalue weighted by Gasteiger charge is -2.37. The first-order chi connectivity index (χ1) is 6.95. The van der Waals surface area contributed by atoms with Crippen molar-refractivity contribution in [3.8, 4) is 0 Å². The molecular formula is C14H27N. The van der Waals surface area contributed by atoms with Crippen LogP contribution in [0, 0.1) is 17.3 Å². The van der Waals surface area contributed by atoms with Crippen LogP contribution in [0.2, 0.25) is 0 Å². The summed E-state index contributed by atoms with van der Waals surface area (Å²) >= 11 is 0. The Balaban J connectivity index is 2.55. The molecule has 0 spiro atoms. The molecule has 1 saturated carbocycles. The predicted octanol–water partition coefficient (Wildman–Crippen LogP) is 4.32. The first kappa shape index (κ1) is 12.7. The molecule has 0 bridgehead atoms. The first-order valence-corrected chi connectivity index (χ1v) is 6.48. The van der Waals surface area contributed by atoms with Crippen molar-refractivity contribution in [2.45, 2.75) is 60.3 Å². The molecule has 0 aromatic carbocycles. The van der Waals surface area contributed by atoms with Crippen molar-refractivity contribution >= 4 is 5.71 Å². The van der Waals surface area contributed by atoms with Crippen molar-refractivity contribution in [2.24, 2.45) is 22.2 Å². The molecule has 0 N–H and O–H groups in total. The van der Waals surface area contributed by atoms with E-state index in [0.29, 0.717) is 5.41 Å². The topological polar surface area (TPSA) is 12.4 Å². The Kier molecular flexibility index (Phi) is 4.36. The highest BCUT2D eigenvalue weighted by molar-refractivity contribution is 5.87. The largest absolute Gasteiger partial charge is 0.294 e. The van der Waals surface area contributed by atoms with Gasteiger partial charge in [0, 0.05) is 12.3 Å². The van der Waals surface area contributed by atoms with Crippen LogP contribution in [-0.4, -0.2) is 12.3 Å². The van der Waals surface area contributed by atoms with Crippen LogP contribution in [-0.2, 0) is 0 Å². The Morgan fingerprint density at radius 2 is 2.00 bits per heavy atom. The fourth-order valence-corrected chi connectivity index (χ4v) is 2.53. The van der Waals surface area contributed by atoms with Crippen LogP contribution in [0.1, 0.15) is 60.3 Å². The van der Waals surface area contributed by atoms with Gasteiger partial charge < -0.3 is 0 Å². The Morgan fingerprint density at radius 1 is 1.33 bits per heavy atom. The molecule has 15 heavy (non-hydrogen) atoms. The third kappa shape index (κ3) is 3.62. The molecule has 0 unspecified atom stereocenters. The van der Waals surface area contributed by atoms with Gasteiger partial charge in [0.05, 0.1) is 0 Å². The summed E-state index contributed by atoms with van der Waals surface area (Å²) in [7, 11) is 0. The second-order valence-corrected chi connectivity index (χ2v) is 6.11. The lowest BCUT2D eigenvalue weighted by atomic mass is 9.69. The maximum atomic E-state index is 4.72. The third-order valence-electron chi connectivity index (χ3n) is 3.72. The molecule has 1 nitrogen and oxygen atoms in total. The summed E-state index contributed by atoms with van der Waals surface area (Å²) in [4.78, 5) is 4.72. The van der Waals surface area contributed by atoms with E-state index in [1.807, 2.05) is 0 Å². The van der Waals surface area contributed by atoms with Gasteiger partial charge >= 0.3 is 0 Å². The van der Waals surface area contributed by atoms with Gasteiger partial charge in [-0.05, 0) is 42.9 Å². The van der Waals surface area contributed by atoms with E-state index in [9.17, 15) is 0 Å². The molecule has 88 valence electrons. The summed E-state index contributed by atoms with van der Waals surface area (Å²) in [6.07, 6.45) is 5.10. The molecular weight excluding hydrogens is 182 g/mol. The van der Waals surface area contributed by atoms with Crippen molar-refractivity contribution < 1.29 is 0 Å². The molecule has 0 radical (unpaired) electrons. The zero-order valence-electron chi connectivity index (χ0n) is 11.1. The van der Waals surface area contributed by atoms with Crippen LogP contribution >= 0.6 is 0 Å². The van der Waals surface area contributed by atoms with E-state index < -0.39 is 0 Å². The highest BCUT2D eigenvalue weighted by Crippen LogP contribution is 2.39. The van der Waals surface area contributed by atoms with E-state index in [4.69, 9.17) is 4.99 Å². The zero-order valence-corrected chi connectivity index (χ0v) is 11.1. The first-order valence-electron chi connectivity index (χ1n) is 6.48. The fourth-order valence-electron chi connectivity index (χ4n) is 2.53. The SMILES string of the molecule is CCCN=C1CC[C@@H](C(C)(C)C)C[C@@H]1C. The van der Waals surface area contributed by atoms with Gasteiger partial charge in [0.1, 0.15) is 0 Å². The predicted molar refractivity (Wildman–Crippen MR) is 68.6 cm³/mol. The average Bonchev–Trinajstić information content (AvgIpc) is 2.14. The maximum absolute atomic E-state index is 4.72. The van der Waals surface area contributed by atoms with Crippen LogP contribution in [0.3, 0.4) is 0 Å². The standard InChI is InChI=1S/C14H27N/c1-6-9-15-13-8-7-12(10-11(13)2)14(3,4)5/h11-12H,6-10H2,1-5H3/t11-,12+/m0/s1. The Labute approximate surface area is 95.4 Å². The van der Waals surface area contributed by atoms with Gasteiger partial charge in [0.25, 0.3) is 0 Å². The number of hydrogen-bond donors (Lipinski definition) is 0. The Hall–Kier alpha value is -0.330. The number of nitrogens with zero attached hydrogens (tertiary/aromatic N) is 1. The minimum Gasteiger partial charge on any atom is -0.294 e. The Morgan fingerprint density at radius 3 is 2.47 bits per heavy atom. The van der Waals surface area contributed by atoms with E-state index in [2.05, 4.69) is 34.6 Å². The smallest absolute Gasteiger partial charge is 0.0386 e. The van der Waals surface area contributed by atoms with Gasteiger partial charge in [-0.1, -0.05) is 34.6 Å². The van der Waals surface area contributed by atoms with E-state index in [1.165, 1.54) is 31.4 Å². The zero-order chi connectivity index (χ0) is 11.5. The molecule has 0 heterocycles. The summed E-state index contributed by atoms with van der Waals surface area (Å²) in [6, 6.07) is 0. The van der Waals surface area contributed by atoms with E-state index >= 15 is 0 Å². The third-order valence-corrected chi connectivity index (χ3v) is 3.72. The summed E-state index contributed by atoms with van der Waals surface area (Å²) in [5.41, 5.74) is 1.96. The highest BCUT2D eigenvalue weighted by Gasteiger charge is 2.31. The van der Waals surface area contributed by atoms with Crippen molar-refractivity contribution in [3.63, 3.8) is 0 Å². The second kappa shape index (κ2) is 5.14. The minimum atomic E-state index is 0.477. The lowest BCUT2D eigenvalue weighted by Crippen LogP contribution is -2.31. The van der Waals surface area contributed by atoms with Crippen molar-refractivity contribution in [2.75, 3.05) is 6.54 Å². The quantitative estimate of drug-likeness (QED) is 0.642. The molecule has 0 saturated heterocycles. The fraction of sp³-hybridized carbons (Fsp3) is 0.929. The van der Waals surface area contributed by atoms with Crippen molar-refractivity contribution in [1.82, 2.24) is 0 Å². The van der Waals surface area contributed by atoms with Crippen molar-refractivity contribution in [3.05, 3.63) is 0 Å². The van der Waals surface area contributed by atoms with E-state index in [-0.39, 0.29) is 0 Å². The molecule has 1 fully saturated rings. The van der Waals surface area contributed by atoms with Crippen molar-refractivity contribution in [1.29, 1.82) is 0 Å². The number of aliphatic imine (C=N–C) groups is 1.